The van der Waals surface area contributed by atoms with Crippen molar-refractivity contribution < 1.29 is 19.4 Å². The number of rotatable bonds is 4. The van der Waals surface area contributed by atoms with Gasteiger partial charge in [0, 0.05) is 11.5 Å². The molecule has 1 aliphatic carbocycles. The lowest BCUT2D eigenvalue weighted by Crippen LogP contribution is -2.08. The molecule has 0 spiro atoms. The van der Waals surface area contributed by atoms with Gasteiger partial charge in [0.2, 0.25) is 0 Å². The molecule has 0 radical (unpaired) electrons. The summed E-state index contributed by atoms with van der Waals surface area (Å²) in [6.45, 7) is 0. The monoisotopic (exact) mass is 298 g/mol. The van der Waals surface area contributed by atoms with E-state index in [2.05, 4.69) is 15.9 Å². The van der Waals surface area contributed by atoms with Crippen molar-refractivity contribution in [1.29, 1.82) is 0 Å². The van der Waals surface area contributed by atoms with Gasteiger partial charge in [0.1, 0.15) is 5.75 Å². The molecule has 0 aliphatic heterocycles. The molecule has 0 aromatic heterocycles. The first-order valence-electron chi connectivity index (χ1n) is 5.15. The van der Waals surface area contributed by atoms with E-state index in [-0.39, 0.29) is 11.7 Å². The van der Waals surface area contributed by atoms with Crippen molar-refractivity contribution in [3.05, 3.63) is 28.2 Å². The number of carboxylic acid groups (broad SMARTS) is 1. The fraction of sp³-hybridized carbons (Fsp3) is 0.333. The van der Waals surface area contributed by atoms with E-state index in [4.69, 9.17) is 9.84 Å². The predicted octanol–water partition coefficient (Wildman–Crippen LogP) is 2.36. The van der Waals surface area contributed by atoms with Crippen LogP contribution in [0.15, 0.2) is 22.7 Å². The molecule has 1 aromatic rings. The molecular weight excluding hydrogens is 288 g/mol. The molecule has 0 amide bonds. The molecule has 4 nitrogen and oxygen atoms in total. The zero-order valence-electron chi connectivity index (χ0n) is 9.14. The Hall–Kier alpha value is -1.36. The van der Waals surface area contributed by atoms with Gasteiger partial charge in [0.25, 0.3) is 0 Å². The number of ketones is 1. The summed E-state index contributed by atoms with van der Waals surface area (Å²) in [6, 6.07) is 5.01. The lowest BCUT2D eigenvalue weighted by molar-refractivity contribution is -0.138. The number of halogens is 1. The molecule has 17 heavy (non-hydrogen) atoms. The summed E-state index contributed by atoms with van der Waals surface area (Å²) in [4.78, 5) is 22.6. The Labute approximate surface area is 107 Å². The third-order valence-corrected chi connectivity index (χ3v) is 3.50. The van der Waals surface area contributed by atoms with Gasteiger partial charge in [-0.2, -0.15) is 0 Å². The van der Waals surface area contributed by atoms with E-state index in [1.54, 1.807) is 25.3 Å². The quantitative estimate of drug-likeness (QED) is 0.867. The molecule has 2 rings (SSSR count). The molecule has 1 aliphatic rings. The van der Waals surface area contributed by atoms with Crippen LogP contribution in [0.2, 0.25) is 0 Å². The Morgan fingerprint density at radius 2 is 2.12 bits per heavy atom. The van der Waals surface area contributed by atoms with Crippen LogP contribution in [0.4, 0.5) is 0 Å². The summed E-state index contributed by atoms with van der Waals surface area (Å²) >= 11 is 3.30. The zero-order valence-corrected chi connectivity index (χ0v) is 10.7. The van der Waals surface area contributed by atoms with Crippen LogP contribution >= 0.6 is 15.9 Å². The van der Waals surface area contributed by atoms with Gasteiger partial charge in [-0.05, 0) is 40.5 Å². The van der Waals surface area contributed by atoms with Gasteiger partial charge in [-0.1, -0.05) is 0 Å². The first-order chi connectivity index (χ1) is 8.04. The lowest BCUT2D eigenvalue weighted by Gasteiger charge is -2.05. The van der Waals surface area contributed by atoms with Gasteiger partial charge in [-0.25, -0.2) is 0 Å². The second kappa shape index (κ2) is 4.49. The van der Waals surface area contributed by atoms with Crippen LogP contribution < -0.4 is 4.74 Å². The van der Waals surface area contributed by atoms with E-state index in [0.29, 0.717) is 22.2 Å². The molecule has 0 bridgehead atoms. The van der Waals surface area contributed by atoms with Crippen molar-refractivity contribution in [3.8, 4) is 5.75 Å². The number of hydrogen-bond donors (Lipinski definition) is 1. The second-order valence-electron chi connectivity index (χ2n) is 4.00. The lowest BCUT2D eigenvalue weighted by atomic mass is 10.1. The highest BCUT2D eigenvalue weighted by atomic mass is 79.9. The molecular formula is C12H11BrO4. The van der Waals surface area contributed by atoms with Crippen molar-refractivity contribution in [1.82, 2.24) is 0 Å². The topological polar surface area (TPSA) is 63.6 Å². The molecule has 90 valence electrons. The van der Waals surface area contributed by atoms with E-state index >= 15 is 0 Å². The third-order valence-electron chi connectivity index (χ3n) is 2.88. The van der Waals surface area contributed by atoms with Crippen LogP contribution in [0.5, 0.6) is 5.75 Å². The van der Waals surface area contributed by atoms with Crippen LogP contribution in [0, 0.1) is 11.8 Å². The minimum atomic E-state index is -0.893. The molecule has 1 N–H and O–H groups in total. The molecule has 1 saturated carbocycles. The highest BCUT2D eigenvalue weighted by Crippen LogP contribution is 2.41. The molecule has 2 unspecified atom stereocenters. The van der Waals surface area contributed by atoms with Crippen molar-refractivity contribution in [2.75, 3.05) is 7.11 Å². The van der Waals surface area contributed by atoms with Crippen molar-refractivity contribution in [3.63, 3.8) is 0 Å². The number of benzene rings is 1. The number of ether oxygens (including phenoxy) is 1. The number of aliphatic carboxylic acids is 1. The van der Waals surface area contributed by atoms with Crippen LogP contribution in [0.1, 0.15) is 16.8 Å². The minimum absolute atomic E-state index is 0.110. The van der Waals surface area contributed by atoms with E-state index in [0.717, 1.165) is 0 Å². The SMILES string of the molecule is COc1ccc(C(=O)C2CC2C(=O)O)cc1Br. The number of Topliss-reactive ketones (excluding diaryl/α,β-unsaturated/α-hetero) is 1. The molecule has 2 atom stereocenters. The Morgan fingerprint density at radius 1 is 1.41 bits per heavy atom. The van der Waals surface area contributed by atoms with Gasteiger partial charge in [-0.15, -0.1) is 0 Å². The van der Waals surface area contributed by atoms with Crippen LogP contribution in [-0.4, -0.2) is 24.0 Å². The summed E-state index contributed by atoms with van der Waals surface area (Å²) in [6.07, 6.45) is 0.442. The Morgan fingerprint density at radius 3 is 2.59 bits per heavy atom. The highest BCUT2D eigenvalue weighted by Gasteiger charge is 2.48. The first kappa shape index (κ1) is 12.1. The van der Waals surface area contributed by atoms with E-state index in [1.807, 2.05) is 0 Å². The van der Waals surface area contributed by atoms with Gasteiger partial charge < -0.3 is 9.84 Å². The van der Waals surface area contributed by atoms with Crippen molar-refractivity contribution in [2.24, 2.45) is 11.8 Å². The Kier molecular flexibility index (Phi) is 3.19. The van der Waals surface area contributed by atoms with Gasteiger partial charge in [0.15, 0.2) is 5.78 Å². The van der Waals surface area contributed by atoms with Gasteiger partial charge in [0.05, 0.1) is 17.5 Å². The zero-order chi connectivity index (χ0) is 12.6. The number of hydrogen-bond acceptors (Lipinski definition) is 3. The third kappa shape index (κ3) is 2.34. The maximum Gasteiger partial charge on any atom is 0.307 e. The molecule has 1 fully saturated rings. The van der Waals surface area contributed by atoms with Crippen molar-refractivity contribution in [2.45, 2.75) is 6.42 Å². The number of carbonyl (C=O) groups is 2. The summed E-state index contributed by atoms with van der Waals surface area (Å²) < 4.78 is 5.76. The van der Waals surface area contributed by atoms with E-state index in [9.17, 15) is 9.59 Å². The summed E-state index contributed by atoms with van der Waals surface area (Å²) in [5, 5.41) is 8.77. The molecule has 1 aromatic carbocycles. The summed E-state index contributed by atoms with van der Waals surface area (Å²) in [7, 11) is 1.54. The highest BCUT2D eigenvalue weighted by molar-refractivity contribution is 9.10. The van der Waals surface area contributed by atoms with E-state index in [1.165, 1.54) is 0 Å². The van der Waals surface area contributed by atoms with Gasteiger partial charge >= 0.3 is 5.97 Å². The number of methoxy groups -OCH3 is 1. The fourth-order valence-corrected chi connectivity index (χ4v) is 2.33. The first-order valence-corrected chi connectivity index (χ1v) is 5.94. The van der Waals surface area contributed by atoms with Crippen LogP contribution in [0.25, 0.3) is 0 Å². The van der Waals surface area contributed by atoms with Crippen molar-refractivity contribution >= 4 is 27.7 Å². The minimum Gasteiger partial charge on any atom is -0.496 e. The smallest absolute Gasteiger partial charge is 0.307 e. The molecule has 0 heterocycles. The largest absolute Gasteiger partial charge is 0.496 e. The Balaban J connectivity index is 2.16. The summed E-state index contributed by atoms with van der Waals surface area (Å²) in [5.74, 6) is -1.24. The maximum absolute atomic E-state index is 11.9. The second-order valence-corrected chi connectivity index (χ2v) is 4.85. The standard InChI is InChI=1S/C12H11BrO4/c1-17-10-3-2-6(4-9(10)13)11(14)7-5-8(7)12(15)16/h2-4,7-8H,5H2,1H3,(H,15,16). The molecule has 0 saturated heterocycles. The number of carboxylic acids is 1. The average molecular weight is 299 g/mol. The normalized spacial score (nSPS) is 22.0. The molecule has 5 heteroatoms. The summed E-state index contributed by atoms with van der Waals surface area (Å²) in [5.41, 5.74) is 0.520. The maximum atomic E-state index is 11.9. The van der Waals surface area contributed by atoms with Crippen LogP contribution in [0.3, 0.4) is 0 Å². The predicted molar refractivity (Wildman–Crippen MR) is 64.3 cm³/mol. The van der Waals surface area contributed by atoms with Crippen LogP contribution in [-0.2, 0) is 4.79 Å². The van der Waals surface area contributed by atoms with E-state index < -0.39 is 11.9 Å². The Bertz CT molecular complexity index is 483. The average Bonchev–Trinajstić information content (AvgIpc) is 3.08. The fourth-order valence-electron chi connectivity index (χ4n) is 1.79. The number of carbonyl (C=O) groups excluding carboxylic acids is 1. The van der Waals surface area contributed by atoms with Gasteiger partial charge in [-0.3, -0.25) is 9.59 Å².